The van der Waals surface area contributed by atoms with Crippen LogP contribution in [0, 0.1) is 5.92 Å². The molecule has 2 atom stereocenters. The van der Waals surface area contributed by atoms with Gasteiger partial charge in [0.1, 0.15) is 0 Å². The van der Waals surface area contributed by atoms with Gasteiger partial charge < -0.3 is 10.4 Å². The van der Waals surface area contributed by atoms with Crippen LogP contribution in [-0.4, -0.2) is 22.7 Å². The molecule has 2 N–H and O–H groups in total. The average molecular weight is 352 g/mol. The van der Waals surface area contributed by atoms with Crippen molar-refractivity contribution < 1.29 is 5.11 Å². The molecular weight excluding hydrogens is 336 g/mol. The second-order valence-corrected chi connectivity index (χ2v) is 5.68. The number of aromatic nitrogens is 1. The fraction of sp³-hybridized carbons (Fsp3) is 0.545. The number of nitrogens with zero attached hydrogens (tertiary/aromatic N) is 1. The van der Waals surface area contributed by atoms with Crippen molar-refractivity contribution in [3.8, 4) is 0 Å². The zero-order valence-electron chi connectivity index (χ0n) is 9.37. The number of aliphatic hydroxyl groups excluding tert-OH is 1. The Hall–Kier alpha value is 0.0300. The van der Waals surface area contributed by atoms with Crippen LogP contribution in [0.3, 0.4) is 0 Å². The Morgan fingerprint density at radius 2 is 2.12 bits per heavy atom. The van der Waals surface area contributed by atoms with Gasteiger partial charge in [0.25, 0.3) is 0 Å². The normalized spacial score (nSPS) is 14.8. The molecule has 2 unspecified atom stereocenters. The summed E-state index contributed by atoms with van der Waals surface area (Å²) in [5.41, 5.74) is 0.972. The highest BCUT2D eigenvalue weighted by Crippen LogP contribution is 2.19. The number of aliphatic hydroxyl groups is 1. The van der Waals surface area contributed by atoms with E-state index in [9.17, 15) is 0 Å². The third kappa shape index (κ3) is 4.13. The van der Waals surface area contributed by atoms with Crippen LogP contribution in [0.5, 0.6) is 0 Å². The van der Waals surface area contributed by atoms with Crippen LogP contribution in [0.4, 0.5) is 0 Å². The smallest absolute Gasteiger partial charge is 0.0684 e. The Balaban J connectivity index is 2.54. The van der Waals surface area contributed by atoms with Crippen molar-refractivity contribution in [3.05, 3.63) is 26.9 Å². The zero-order valence-corrected chi connectivity index (χ0v) is 12.5. The molecule has 1 rings (SSSR count). The van der Waals surface area contributed by atoms with E-state index in [1.165, 1.54) is 0 Å². The lowest BCUT2D eigenvalue weighted by molar-refractivity contribution is 0.206. The molecular formula is C11H16Br2N2O. The van der Waals surface area contributed by atoms with Crippen LogP contribution in [0.1, 0.15) is 19.5 Å². The van der Waals surface area contributed by atoms with Crippen molar-refractivity contribution in [2.45, 2.75) is 26.4 Å². The summed E-state index contributed by atoms with van der Waals surface area (Å²) in [6.45, 7) is 4.97. The predicted octanol–water partition coefficient (Wildman–Crippen LogP) is 2.71. The third-order valence-corrected chi connectivity index (χ3v) is 3.74. The first-order valence-corrected chi connectivity index (χ1v) is 6.77. The number of hydrogen-bond acceptors (Lipinski definition) is 3. The van der Waals surface area contributed by atoms with Gasteiger partial charge in [0, 0.05) is 34.3 Å². The molecule has 0 saturated carbocycles. The molecule has 16 heavy (non-hydrogen) atoms. The third-order valence-electron chi connectivity index (χ3n) is 2.62. The molecule has 3 nitrogen and oxygen atoms in total. The molecule has 1 aromatic rings. The SMILES string of the molecule is CC(CO)C(C)NCc1ncc(Br)cc1Br. The van der Waals surface area contributed by atoms with E-state index >= 15 is 0 Å². The number of hydrogen-bond donors (Lipinski definition) is 2. The summed E-state index contributed by atoms with van der Waals surface area (Å²) >= 11 is 6.83. The number of halogens is 2. The first-order chi connectivity index (χ1) is 7.54. The van der Waals surface area contributed by atoms with E-state index in [4.69, 9.17) is 5.11 Å². The van der Waals surface area contributed by atoms with Gasteiger partial charge in [0.15, 0.2) is 0 Å². The summed E-state index contributed by atoms with van der Waals surface area (Å²) in [6, 6.07) is 2.24. The maximum absolute atomic E-state index is 9.02. The van der Waals surface area contributed by atoms with Crippen molar-refractivity contribution in [1.82, 2.24) is 10.3 Å². The molecule has 0 aliphatic heterocycles. The fourth-order valence-corrected chi connectivity index (χ4v) is 2.32. The highest BCUT2D eigenvalue weighted by molar-refractivity contribution is 9.11. The summed E-state index contributed by atoms with van der Waals surface area (Å²) < 4.78 is 1.94. The van der Waals surface area contributed by atoms with E-state index in [1.54, 1.807) is 6.20 Å². The van der Waals surface area contributed by atoms with Crippen LogP contribution in [-0.2, 0) is 6.54 Å². The van der Waals surface area contributed by atoms with Crippen molar-refractivity contribution >= 4 is 31.9 Å². The van der Waals surface area contributed by atoms with Crippen LogP contribution in [0.25, 0.3) is 0 Å². The molecule has 0 spiro atoms. The Bertz CT molecular complexity index is 347. The molecule has 0 aromatic carbocycles. The Kier molecular flexibility index (Phi) is 5.89. The quantitative estimate of drug-likeness (QED) is 0.857. The first kappa shape index (κ1) is 14.1. The van der Waals surface area contributed by atoms with E-state index in [0.29, 0.717) is 6.54 Å². The number of rotatable bonds is 5. The minimum absolute atomic E-state index is 0.198. The van der Waals surface area contributed by atoms with Crippen LogP contribution in [0.15, 0.2) is 21.2 Å². The van der Waals surface area contributed by atoms with Crippen molar-refractivity contribution in [3.63, 3.8) is 0 Å². The molecule has 1 aromatic heterocycles. The van der Waals surface area contributed by atoms with Gasteiger partial charge in [-0.2, -0.15) is 0 Å². The maximum atomic E-state index is 9.02. The molecule has 0 aliphatic rings. The minimum atomic E-state index is 0.198. The van der Waals surface area contributed by atoms with Gasteiger partial charge >= 0.3 is 0 Å². The van der Waals surface area contributed by atoms with Crippen LogP contribution < -0.4 is 5.32 Å². The van der Waals surface area contributed by atoms with Crippen molar-refractivity contribution in [1.29, 1.82) is 0 Å². The van der Waals surface area contributed by atoms with Gasteiger partial charge in [-0.15, -0.1) is 0 Å². The molecule has 1 heterocycles. The van der Waals surface area contributed by atoms with Gasteiger partial charge in [-0.25, -0.2) is 0 Å². The molecule has 0 fully saturated rings. The molecule has 0 aliphatic carbocycles. The minimum Gasteiger partial charge on any atom is -0.396 e. The van der Waals surface area contributed by atoms with Crippen LogP contribution in [0.2, 0.25) is 0 Å². The molecule has 0 amide bonds. The maximum Gasteiger partial charge on any atom is 0.0684 e. The van der Waals surface area contributed by atoms with Crippen LogP contribution >= 0.6 is 31.9 Å². The molecule has 90 valence electrons. The summed E-state index contributed by atoms with van der Waals surface area (Å²) in [4.78, 5) is 4.32. The van der Waals surface area contributed by atoms with E-state index in [2.05, 4.69) is 49.1 Å². The van der Waals surface area contributed by atoms with E-state index in [-0.39, 0.29) is 18.6 Å². The van der Waals surface area contributed by atoms with E-state index in [1.807, 2.05) is 13.0 Å². The lowest BCUT2D eigenvalue weighted by Gasteiger charge is -2.19. The average Bonchev–Trinajstić information content (AvgIpc) is 2.26. The highest BCUT2D eigenvalue weighted by atomic mass is 79.9. The summed E-state index contributed by atoms with van der Waals surface area (Å²) in [5.74, 6) is 0.245. The Morgan fingerprint density at radius 3 is 2.69 bits per heavy atom. The molecule has 0 bridgehead atoms. The number of nitrogens with one attached hydrogen (secondary N) is 1. The fourth-order valence-electron chi connectivity index (χ4n) is 1.19. The highest BCUT2D eigenvalue weighted by Gasteiger charge is 2.11. The molecule has 0 radical (unpaired) electrons. The lowest BCUT2D eigenvalue weighted by Crippen LogP contribution is -2.33. The molecule has 0 saturated heterocycles. The summed E-state index contributed by atoms with van der Waals surface area (Å²) in [6.07, 6.45) is 1.78. The van der Waals surface area contributed by atoms with Gasteiger partial charge in [-0.1, -0.05) is 6.92 Å². The number of pyridine rings is 1. The van der Waals surface area contributed by atoms with E-state index < -0.39 is 0 Å². The zero-order chi connectivity index (χ0) is 12.1. The lowest BCUT2D eigenvalue weighted by atomic mass is 10.1. The Labute approximate surface area is 113 Å². The summed E-state index contributed by atoms with van der Waals surface area (Å²) in [5, 5.41) is 12.4. The second-order valence-electron chi connectivity index (χ2n) is 3.91. The Morgan fingerprint density at radius 1 is 1.44 bits per heavy atom. The molecule has 5 heteroatoms. The standard InChI is InChI=1S/C11H16Br2N2O/c1-7(6-16)8(2)14-5-11-10(13)3-9(12)4-15-11/h3-4,7-8,14,16H,5-6H2,1-2H3. The van der Waals surface area contributed by atoms with E-state index in [0.717, 1.165) is 14.6 Å². The van der Waals surface area contributed by atoms with Gasteiger partial charge in [-0.3, -0.25) is 4.98 Å². The second kappa shape index (κ2) is 6.69. The largest absolute Gasteiger partial charge is 0.396 e. The van der Waals surface area contributed by atoms with Gasteiger partial charge in [0.05, 0.1) is 5.69 Å². The topological polar surface area (TPSA) is 45.1 Å². The monoisotopic (exact) mass is 350 g/mol. The predicted molar refractivity (Wildman–Crippen MR) is 72.2 cm³/mol. The van der Waals surface area contributed by atoms with Gasteiger partial charge in [-0.05, 0) is 50.8 Å². The summed E-state index contributed by atoms with van der Waals surface area (Å²) in [7, 11) is 0. The van der Waals surface area contributed by atoms with Crippen molar-refractivity contribution in [2.75, 3.05) is 6.61 Å². The van der Waals surface area contributed by atoms with Gasteiger partial charge in [0.2, 0.25) is 0 Å². The van der Waals surface area contributed by atoms with Crippen molar-refractivity contribution in [2.24, 2.45) is 5.92 Å². The first-order valence-electron chi connectivity index (χ1n) is 5.18.